The predicted molar refractivity (Wildman–Crippen MR) is 126 cm³/mol. The van der Waals surface area contributed by atoms with Crippen molar-refractivity contribution in [3.8, 4) is 5.75 Å². The van der Waals surface area contributed by atoms with E-state index in [1.54, 1.807) is 12.0 Å². The van der Waals surface area contributed by atoms with Crippen molar-refractivity contribution < 1.29 is 23.9 Å². The fraction of sp³-hybridized carbons (Fsp3) is 0.609. The first kappa shape index (κ1) is 25.3. The van der Waals surface area contributed by atoms with E-state index < -0.39 is 0 Å². The number of halogens is 1. The first-order chi connectivity index (χ1) is 15.8. The summed E-state index contributed by atoms with van der Waals surface area (Å²) in [6.45, 7) is 3.31. The standard InChI is InChI=1S/C23H33ClN4O5/c1-32-20-13-18(25)17(24)12-16(20)23(31)26-19-7-9-27(14-21(19)33-2)8-3-4-22(30)28-10-5-15(29)6-11-28/h12-13,19,21H,3-11,14,25H2,1-2H3,(H,26,31). The number of nitrogen functional groups attached to an aromatic ring is 1. The summed E-state index contributed by atoms with van der Waals surface area (Å²) in [4.78, 5) is 40.7. The van der Waals surface area contributed by atoms with E-state index in [0.29, 0.717) is 60.9 Å². The Labute approximate surface area is 199 Å². The maximum absolute atomic E-state index is 12.9. The van der Waals surface area contributed by atoms with Crippen LogP contribution >= 0.6 is 11.6 Å². The summed E-state index contributed by atoms with van der Waals surface area (Å²) in [7, 11) is 3.11. The van der Waals surface area contributed by atoms with Crippen molar-refractivity contribution in [1.82, 2.24) is 15.1 Å². The second-order valence-corrected chi connectivity index (χ2v) is 8.95. The minimum atomic E-state index is -0.292. The molecule has 1 aromatic carbocycles. The molecule has 0 bridgehead atoms. The Morgan fingerprint density at radius 3 is 2.61 bits per heavy atom. The number of carbonyl (C=O) groups is 3. The van der Waals surface area contributed by atoms with Gasteiger partial charge in [-0.2, -0.15) is 0 Å². The lowest BCUT2D eigenvalue weighted by Gasteiger charge is -2.38. The van der Waals surface area contributed by atoms with E-state index in [0.717, 1.165) is 25.9 Å². The molecular formula is C23H33ClN4O5. The molecule has 0 aromatic heterocycles. The lowest BCUT2D eigenvalue weighted by Crippen LogP contribution is -2.55. The summed E-state index contributed by atoms with van der Waals surface area (Å²) in [5, 5.41) is 3.34. The van der Waals surface area contributed by atoms with Gasteiger partial charge in [-0.3, -0.25) is 14.4 Å². The zero-order chi connectivity index (χ0) is 24.0. The zero-order valence-electron chi connectivity index (χ0n) is 19.3. The number of nitrogens with two attached hydrogens (primary N) is 1. The molecule has 33 heavy (non-hydrogen) atoms. The van der Waals surface area contributed by atoms with Gasteiger partial charge in [-0.25, -0.2) is 0 Å². The number of amides is 2. The van der Waals surface area contributed by atoms with Crippen molar-refractivity contribution >= 4 is 34.9 Å². The number of carbonyl (C=O) groups excluding carboxylic acids is 3. The molecule has 10 heteroatoms. The van der Waals surface area contributed by atoms with Crippen LogP contribution in [0.4, 0.5) is 5.69 Å². The van der Waals surface area contributed by atoms with Gasteiger partial charge in [0.25, 0.3) is 5.91 Å². The largest absolute Gasteiger partial charge is 0.496 e. The van der Waals surface area contributed by atoms with Crippen molar-refractivity contribution in [3.05, 3.63) is 22.7 Å². The Hall–Kier alpha value is -2.36. The average molecular weight is 481 g/mol. The molecule has 9 nitrogen and oxygen atoms in total. The Balaban J connectivity index is 1.48. The van der Waals surface area contributed by atoms with Gasteiger partial charge in [-0.1, -0.05) is 11.6 Å². The maximum atomic E-state index is 12.9. The highest BCUT2D eigenvalue weighted by Gasteiger charge is 2.31. The topological polar surface area (TPSA) is 114 Å². The van der Waals surface area contributed by atoms with Crippen LogP contribution in [0.2, 0.25) is 5.02 Å². The molecule has 2 fully saturated rings. The summed E-state index contributed by atoms with van der Waals surface area (Å²) in [5.41, 5.74) is 6.48. The van der Waals surface area contributed by atoms with Crippen molar-refractivity contribution in [1.29, 1.82) is 0 Å². The quantitative estimate of drug-likeness (QED) is 0.544. The number of likely N-dealkylation sites (tertiary alicyclic amines) is 2. The van der Waals surface area contributed by atoms with E-state index in [4.69, 9.17) is 26.8 Å². The smallest absolute Gasteiger partial charge is 0.255 e. The third kappa shape index (κ3) is 6.59. The lowest BCUT2D eigenvalue weighted by molar-refractivity contribution is -0.134. The SMILES string of the molecule is COc1cc(N)c(Cl)cc1C(=O)NC1CCN(CCCC(=O)N2CCC(=O)CC2)CC1OC. The highest BCUT2D eigenvalue weighted by molar-refractivity contribution is 6.33. The number of Topliss-reactive ketones (excluding diaryl/α,β-unsaturated/α-hetero) is 1. The third-order valence-corrected chi connectivity index (χ3v) is 6.69. The molecule has 0 spiro atoms. The van der Waals surface area contributed by atoms with Gasteiger partial charge in [0.2, 0.25) is 5.91 Å². The number of hydrogen-bond donors (Lipinski definition) is 2. The monoisotopic (exact) mass is 480 g/mol. The highest BCUT2D eigenvalue weighted by atomic mass is 35.5. The van der Waals surface area contributed by atoms with Gasteiger partial charge in [0.15, 0.2) is 0 Å². The van der Waals surface area contributed by atoms with Crippen LogP contribution in [-0.2, 0) is 14.3 Å². The van der Waals surface area contributed by atoms with Crippen LogP contribution in [0.1, 0.15) is 42.5 Å². The van der Waals surface area contributed by atoms with Crippen LogP contribution in [0.15, 0.2) is 12.1 Å². The number of nitrogens with zero attached hydrogens (tertiary/aromatic N) is 2. The normalized spacial score (nSPS) is 21.7. The molecule has 2 amide bonds. The number of hydrogen-bond acceptors (Lipinski definition) is 7. The molecule has 3 N–H and O–H groups in total. The van der Waals surface area contributed by atoms with E-state index in [2.05, 4.69) is 10.2 Å². The molecule has 2 heterocycles. The highest BCUT2D eigenvalue weighted by Crippen LogP contribution is 2.29. The average Bonchev–Trinajstić information content (AvgIpc) is 2.81. The second-order valence-electron chi connectivity index (χ2n) is 8.54. The fourth-order valence-electron chi connectivity index (χ4n) is 4.37. The van der Waals surface area contributed by atoms with Gasteiger partial charge < -0.3 is 30.3 Å². The van der Waals surface area contributed by atoms with Crippen molar-refractivity contribution in [3.63, 3.8) is 0 Å². The number of methoxy groups -OCH3 is 2. The van der Waals surface area contributed by atoms with Gasteiger partial charge in [0.05, 0.1) is 35.5 Å². The minimum Gasteiger partial charge on any atom is -0.496 e. The summed E-state index contributed by atoms with van der Waals surface area (Å²) >= 11 is 6.10. The van der Waals surface area contributed by atoms with Crippen LogP contribution in [0.5, 0.6) is 5.75 Å². The van der Waals surface area contributed by atoms with E-state index in [1.807, 2.05) is 0 Å². The van der Waals surface area contributed by atoms with E-state index in [-0.39, 0.29) is 29.7 Å². The van der Waals surface area contributed by atoms with Crippen LogP contribution in [0, 0.1) is 0 Å². The Morgan fingerprint density at radius 2 is 1.94 bits per heavy atom. The summed E-state index contributed by atoms with van der Waals surface area (Å²) < 4.78 is 10.9. The molecule has 182 valence electrons. The van der Waals surface area contributed by atoms with Gasteiger partial charge in [0, 0.05) is 58.6 Å². The van der Waals surface area contributed by atoms with Crippen molar-refractivity contribution in [2.24, 2.45) is 0 Å². The number of ether oxygens (including phenoxy) is 2. The number of piperidine rings is 2. The van der Waals surface area contributed by atoms with Crippen LogP contribution in [-0.4, -0.2) is 86.5 Å². The molecule has 2 unspecified atom stereocenters. The maximum Gasteiger partial charge on any atom is 0.255 e. The van der Waals surface area contributed by atoms with Gasteiger partial charge in [0.1, 0.15) is 11.5 Å². The molecule has 2 atom stereocenters. The molecule has 2 saturated heterocycles. The fourth-order valence-corrected chi connectivity index (χ4v) is 4.53. The minimum absolute atomic E-state index is 0.115. The van der Waals surface area contributed by atoms with Crippen molar-refractivity contribution in [2.75, 3.05) is 52.7 Å². The lowest BCUT2D eigenvalue weighted by atomic mass is 10.00. The summed E-state index contributed by atoms with van der Waals surface area (Å²) in [5.74, 6) is 0.421. The van der Waals surface area contributed by atoms with Crippen LogP contribution < -0.4 is 15.8 Å². The van der Waals surface area contributed by atoms with Gasteiger partial charge in [-0.05, 0) is 25.5 Å². The molecule has 3 rings (SSSR count). The number of benzene rings is 1. The van der Waals surface area contributed by atoms with E-state index in [1.165, 1.54) is 19.2 Å². The number of nitrogens with one attached hydrogen (secondary N) is 1. The number of rotatable bonds is 8. The van der Waals surface area contributed by atoms with Crippen LogP contribution in [0.25, 0.3) is 0 Å². The van der Waals surface area contributed by atoms with Gasteiger partial charge >= 0.3 is 0 Å². The Bertz CT molecular complexity index is 871. The second kappa shape index (κ2) is 11.7. The molecule has 2 aliphatic heterocycles. The molecule has 0 saturated carbocycles. The summed E-state index contributed by atoms with van der Waals surface area (Å²) in [6.07, 6.45) is 2.70. The number of ketones is 1. The van der Waals surface area contributed by atoms with E-state index in [9.17, 15) is 14.4 Å². The van der Waals surface area contributed by atoms with Crippen molar-refractivity contribution in [2.45, 2.75) is 44.2 Å². The molecule has 0 radical (unpaired) electrons. The van der Waals surface area contributed by atoms with Gasteiger partial charge in [-0.15, -0.1) is 0 Å². The first-order valence-electron chi connectivity index (χ1n) is 11.3. The zero-order valence-corrected chi connectivity index (χ0v) is 20.0. The third-order valence-electron chi connectivity index (χ3n) is 6.36. The Morgan fingerprint density at radius 1 is 1.21 bits per heavy atom. The van der Waals surface area contributed by atoms with E-state index >= 15 is 0 Å². The predicted octanol–water partition coefficient (Wildman–Crippen LogP) is 1.72. The number of anilines is 1. The molecule has 2 aliphatic rings. The first-order valence-corrected chi connectivity index (χ1v) is 11.7. The summed E-state index contributed by atoms with van der Waals surface area (Å²) in [6, 6.07) is 2.89. The Kier molecular flexibility index (Phi) is 8.94. The molecular weight excluding hydrogens is 448 g/mol. The molecule has 1 aromatic rings. The van der Waals surface area contributed by atoms with Crippen LogP contribution in [0.3, 0.4) is 0 Å². The molecule has 0 aliphatic carbocycles.